The summed E-state index contributed by atoms with van der Waals surface area (Å²) in [6.45, 7) is 0.886. The number of hydrogen-bond acceptors (Lipinski definition) is 7. The molecule has 1 amide bonds. The molecule has 1 atom stereocenters. The number of hydrogen-bond donors (Lipinski definition) is 1. The van der Waals surface area contributed by atoms with Crippen molar-refractivity contribution in [2.45, 2.75) is 26.1 Å². The van der Waals surface area contributed by atoms with Crippen LogP contribution >= 0.6 is 0 Å². The van der Waals surface area contributed by atoms with Crippen molar-refractivity contribution < 1.29 is 32.4 Å². The van der Waals surface area contributed by atoms with Gasteiger partial charge in [0.25, 0.3) is 5.69 Å². The number of piperazine rings is 1. The Morgan fingerprint density at radius 1 is 1.18 bits per heavy atom. The predicted octanol–water partition coefficient (Wildman–Crippen LogP) is 3.49. The van der Waals surface area contributed by atoms with Gasteiger partial charge in [-0.3, -0.25) is 24.7 Å². The van der Waals surface area contributed by atoms with Gasteiger partial charge in [-0.2, -0.15) is 8.78 Å². The average molecular weight is 482 g/mol. The molecule has 184 valence electrons. The molecule has 9 nitrogen and oxygen atoms in total. The maximum absolute atomic E-state index is 13.3. The molecule has 2 aromatic rings. The van der Waals surface area contributed by atoms with Gasteiger partial charge in [-0.15, -0.1) is 0 Å². The fourth-order valence-corrected chi connectivity index (χ4v) is 3.76. The number of ether oxygens (including phenoxy) is 2. The number of alkyl halides is 2. The van der Waals surface area contributed by atoms with Crippen molar-refractivity contribution in [1.29, 1.82) is 0 Å². The third-order valence-electron chi connectivity index (χ3n) is 5.60. The second-order valence-corrected chi connectivity index (χ2v) is 7.76. The first-order chi connectivity index (χ1) is 16.2. The number of carbonyl (C=O) groups is 1. The zero-order valence-corrected chi connectivity index (χ0v) is 18.7. The van der Waals surface area contributed by atoms with Gasteiger partial charge in [0.1, 0.15) is 5.82 Å². The molecule has 1 aliphatic heterocycles. The largest absolute Gasteiger partial charge is 0.493 e. The van der Waals surface area contributed by atoms with Crippen LogP contribution in [0.25, 0.3) is 0 Å². The second kappa shape index (κ2) is 11.2. The van der Waals surface area contributed by atoms with Crippen molar-refractivity contribution in [3.8, 4) is 11.5 Å². The van der Waals surface area contributed by atoms with Crippen LogP contribution in [0.15, 0.2) is 36.4 Å². The monoisotopic (exact) mass is 482 g/mol. The standard InChI is InChI=1S/C22H25F3N4O5/c1-14(21(30)26-17-5-3-4-16(23)11-17)28-8-6-27(7-9-28)13-15-10-19(33-2)20(34-22(24)25)12-18(15)29(31)32/h3-5,10-12,14,22H,6-9,13H2,1-2H3,(H,26,30). The molecule has 0 saturated carbocycles. The van der Waals surface area contributed by atoms with Crippen molar-refractivity contribution in [3.63, 3.8) is 0 Å². The van der Waals surface area contributed by atoms with Crippen LogP contribution in [0, 0.1) is 15.9 Å². The number of nitro benzene ring substituents is 1. The van der Waals surface area contributed by atoms with Gasteiger partial charge in [-0.1, -0.05) is 6.07 Å². The molecule has 1 N–H and O–H groups in total. The molecule has 1 saturated heterocycles. The molecule has 0 bridgehead atoms. The summed E-state index contributed by atoms with van der Waals surface area (Å²) < 4.78 is 48.0. The van der Waals surface area contributed by atoms with E-state index >= 15 is 0 Å². The first-order valence-electron chi connectivity index (χ1n) is 10.5. The van der Waals surface area contributed by atoms with E-state index in [-0.39, 0.29) is 23.9 Å². The van der Waals surface area contributed by atoms with E-state index in [0.29, 0.717) is 37.4 Å². The van der Waals surface area contributed by atoms with Gasteiger partial charge in [0.15, 0.2) is 11.5 Å². The lowest BCUT2D eigenvalue weighted by molar-refractivity contribution is -0.385. The average Bonchev–Trinajstić information content (AvgIpc) is 2.79. The van der Waals surface area contributed by atoms with E-state index in [1.54, 1.807) is 13.0 Å². The van der Waals surface area contributed by atoms with Crippen molar-refractivity contribution in [2.75, 3.05) is 38.6 Å². The van der Waals surface area contributed by atoms with E-state index in [9.17, 15) is 28.1 Å². The van der Waals surface area contributed by atoms with Crippen LogP contribution in [0.5, 0.6) is 11.5 Å². The Hall–Kier alpha value is -3.38. The molecule has 1 aliphatic rings. The lowest BCUT2D eigenvalue weighted by Gasteiger charge is -2.37. The Morgan fingerprint density at radius 2 is 1.88 bits per heavy atom. The summed E-state index contributed by atoms with van der Waals surface area (Å²) in [6, 6.07) is 7.44. The molecular formula is C22H25F3N4O5. The Bertz CT molecular complexity index is 1030. The number of methoxy groups -OCH3 is 1. The Balaban J connectivity index is 1.63. The Morgan fingerprint density at radius 3 is 2.47 bits per heavy atom. The highest BCUT2D eigenvalue weighted by atomic mass is 19.3. The molecule has 1 heterocycles. The third-order valence-corrected chi connectivity index (χ3v) is 5.60. The molecule has 1 unspecified atom stereocenters. The fraction of sp³-hybridized carbons (Fsp3) is 0.409. The van der Waals surface area contributed by atoms with E-state index in [0.717, 1.165) is 6.07 Å². The molecule has 0 spiro atoms. The van der Waals surface area contributed by atoms with Gasteiger partial charge in [0.2, 0.25) is 5.91 Å². The number of nitrogens with zero attached hydrogens (tertiary/aromatic N) is 3. The number of nitro groups is 1. The van der Waals surface area contributed by atoms with Crippen LogP contribution in [0.2, 0.25) is 0 Å². The molecule has 0 radical (unpaired) electrons. The molecule has 2 aromatic carbocycles. The second-order valence-electron chi connectivity index (χ2n) is 7.76. The van der Waals surface area contributed by atoms with Gasteiger partial charge >= 0.3 is 6.61 Å². The topological polar surface area (TPSA) is 97.2 Å². The molecule has 12 heteroatoms. The summed E-state index contributed by atoms with van der Waals surface area (Å²) in [5.74, 6) is -1.15. The van der Waals surface area contributed by atoms with Gasteiger partial charge in [0.05, 0.1) is 24.1 Å². The van der Waals surface area contributed by atoms with Crippen LogP contribution in [0.3, 0.4) is 0 Å². The number of amides is 1. The molecule has 0 aliphatic carbocycles. The minimum absolute atomic E-state index is 0.0258. The van der Waals surface area contributed by atoms with Crippen LogP contribution in [0.1, 0.15) is 12.5 Å². The summed E-state index contributed by atoms with van der Waals surface area (Å²) in [5, 5.41) is 14.2. The van der Waals surface area contributed by atoms with Crippen LogP contribution in [-0.4, -0.2) is 66.6 Å². The van der Waals surface area contributed by atoms with E-state index in [1.807, 2.05) is 9.80 Å². The van der Waals surface area contributed by atoms with E-state index in [2.05, 4.69) is 10.1 Å². The maximum Gasteiger partial charge on any atom is 0.387 e. The van der Waals surface area contributed by atoms with E-state index in [4.69, 9.17) is 4.74 Å². The number of nitrogens with one attached hydrogen (secondary N) is 1. The predicted molar refractivity (Wildman–Crippen MR) is 118 cm³/mol. The highest BCUT2D eigenvalue weighted by Gasteiger charge is 2.28. The molecule has 34 heavy (non-hydrogen) atoms. The zero-order valence-electron chi connectivity index (χ0n) is 18.7. The first kappa shape index (κ1) is 25.2. The molecule has 1 fully saturated rings. The lowest BCUT2D eigenvalue weighted by Crippen LogP contribution is -2.52. The maximum atomic E-state index is 13.3. The van der Waals surface area contributed by atoms with Gasteiger partial charge in [0, 0.05) is 44.0 Å². The summed E-state index contributed by atoms with van der Waals surface area (Å²) in [7, 11) is 1.26. The quantitative estimate of drug-likeness (QED) is 0.432. The summed E-state index contributed by atoms with van der Waals surface area (Å²) >= 11 is 0. The molecule has 0 aromatic heterocycles. The third kappa shape index (κ3) is 6.35. The minimum Gasteiger partial charge on any atom is -0.493 e. The van der Waals surface area contributed by atoms with Crippen LogP contribution < -0.4 is 14.8 Å². The fourth-order valence-electron chi connectivity index (χ4n) is 3.76. The van der Waals surface area contributed by atoms with Gasteiger partial charge < -0.3 is 14.8 Å². The van der Waals surface area contributed by atoms with Gasteiger partial charge in [-0.25, -0.2) is 4.39 Å². The van der Waals surface area contributed by atoms with Crippen molar-refractivity contribution in [2.24, 2.45) is 0 Å². The van der Waals surface area contributed by atoms with E-state index in [1.165, 1.54) is 31.4 Å². The van der Waals surface area contributed by atoms with E-state index < -0.39 is 29.1 Å². The highest BCUT2D eigenvalue weighted by molar-refractivity contribution is 5.94. The zero-order chi connectivity index (χ0) is 24.8. The van der Waals surface area contributed by atoms with Crippen LogP contribution in [0.4, 0.5) is 24.5 Å². The normalized spacial score (nSPS) is 15.7. The minimum atomic E-state index is -3.15. The SMILES string of the molecule is COc1cc(CN2CCN(C(C)C(=O)Nc3cccc(F)c3)CC2)c([N+](=O)[O-])cc1OC(F)F. The molecule has 3 rings (SSSR count). The number of carbonyl (C=O) groups excluding carboxylic acids is 1. The number of rotatable bonds is 9. The summed E-state index contributed by atoms with van der Waals surface area (Å²) in [4.78, 5) is 27.3. The first-order valence-corrected chi connectivity index (χ1v) is 10.5. The Kier molecular flexibility index (Phi) is 8.29. The Labute approximate surface area is 194 Å². The summed E-state index contributed by atoms with van der Waals surface area (Å²) in [5.41, 5.74) is 0.326. The lowest BCUT2D eigenvalue weighted by atomic mass is 10.1. The summed E-state index contributed by atoms with van der Waals surface area (Å²) in [6.07, 6.45) is 0. The highest BCUT2D eigenvalue weighted by Crippen LogP contribution is 2.36. The number of anilines is 1. The molecular weight excluding hydrogens is 457 g/mol. The van der Waals surface area contributed by atoms with Crippen molar-refractivity contribution >= 4 is 17.3 Å². The smallest absolute Gasteiger partial charge is 0.387 e. The van der Waals surface area contributed by atoms with Crippen LogP contribution in [-0.2, 0) is 11.3 Å². The van der Waals surface area contributed by atoms with Gasteiger partial charge in [-0.05, 0) is 31.2 Å². The van der Waals surface area contributed by atoms with Crippen molar-refractivity contribution in [3.05, 3.63) is 57.9 Å². The number of halogens is 3. The van der Waals surface area contributed by atoms with Crippen molar-refractivity contribution in [1.82, 2.24) is 9.80 Å². The number of benzene rings is 2.